The van der Waals surface area contributed by atoms with E-state index in [0.717, 1.165) is 30.0 Å². The Kier molecular flexibility index (Phi) is 6.54. The summed E-state index contributed by atoms with van der Waals surface area (Å²) in [5.74, 6) is -0.171. The van der Waals surface area contributed by atoms with Crippen LogP contribution in [0.4, 0.5) is 11.4 Å². The number of para-hydroxylation sites is 2. The van der Waals surface area contributed by atoms with Gasteiger partial charge in [-0.1, -0.05) is 60.5 Å². The van der Waals surface area contributed by atoms with Crippen LogP contribution in [0.2, 0.25) is 0 Å². The minimum atomic E-state index is -0.171. The first-order chi connectivity index (χ1) is 14.8. The smallest absolute Gasteiger partial charge is 0.248 e. The summed E-state index contributed by atoms with van der Waals surface area (Å²) < 4.78 is 1.77. The Bertz CT molecular complexity index is 988. The van der Waals surface area contributed by atoms with Gasteiger partial charge in [0.25, 0.3) is 0 Å². The zero-order chi connectivity index (χ0) is 20.6. The number of carbonyl (C=O) groups is 1. The van der Waals surface area contributed by atoms with E-state index < -0.39 is 0 Å². The molecule has 0 radical (unpaired) electrons. The predicted octanol–water partition coefficient (Wildman–Crippen LogP) is 4.36. The lowest BCUT2D eigenvalue weighted by Gasteiger charge is -2.25. The molecule has 2 heterocycles. The quantitative estimate of drug-likeness (QED) is 0.624. The van der Waals surface area contributed by atoms with Gasteiger partial charge in [0, 0.05) is 19.2 Å². The number of nitrogens with zero attached hydrogens (tertiary/aromatic N) is 4. The zero-order valence-electron chi connectivity index (χ0n) is 17.1. The van der Waals surface area contributed by atoms with Gasteiger partial charge in [-0.05, 0) is 36.6 Å². The summed E-state index contributed by atoms with van der Waals surface area (Å²) >= 11 is 0. The number of anilines is 2. The van der Waals surface area contributed by atoms with Crippen LogP contribution < -0.4 is 10.2 Å². The number of amides is 1. The Morgan fingerprint density at radius 2 is 1.70 bits per heavy atom. The van der Waals surface area contributed by atoms with E-state index in [2.05, 4.69) is 26.6 Å². The SMILES string of the molecule is O=C(/C=C/c1cn(Cc2ccccc2)nn1)Nc1ccccc1N1CCCCCC1. The summed E-state index contributed by atoms with van der Waals surface area (Å²) in [5.41, 5.74) is 3.75. The third kappa shape index (κ3) is 5.35. The average Bonchev–Trinajstić information content (AvgIpc) is 3.04. The van der Waals surface area contributed by atoms with Crippen molar-refractivity contribution in [3.8, 4) is 0 Å². The first kappa shape index (κ1) is 19.9. The Balaban J connectivity index is 1.39. The van der Waals surface area contributed by atoms with E-state index in [9.17, 15) is 4.79 Å². The molecular formula is C24H27N5O. The Labute approximate surface area is 177 Å². The maximum absolute atomic E-state index is 12.5. The molecule has 1 fully saturated rings. The van der Waals surface area contributed by atoms with Gasteiger partial charge in [0.2, 0.25) is 5.91 Å². The second kappa shape index (κ2) is 9.87. The largest absolute Gasteiger partial charge is 0.370 e. The molecule has 0 spiro atoms. The third-order valence-corrected chi connectivity index (χ3v) is 5.26. The van der Waals surface area contributed by atoms with Crippen molar-refractivity contribution in [2.24, 2.45) is 0 Å². The second-order valence-electron chi connectivity index (χ2n) is 7.57. The van der Waals surface area contributed by atoms with Crippen LogP contribution in [-0.2, 0) is 11.3 Å². The van der Waals surface area contributed by atoms with Crippen LogP contribution in [0.1, 0.15) is 36.9 Å². The lowest BCUT2D eigenvalue weighted by atomic mass is 10.2. The fraction of sp³-hybridized carbons (Fsp3) is 0.292. The van der Waals surface area contributed by atoms with Crippen molar-refractivity contribution in [3.63, 3.8) is 0 Å². The lowest BCUT2D eigenvalue weighted by Crippen LogP contribution is -2.25. The highest BCUT2D eigenvalue weighted by atomic mass is 16.1. The van der Waals surface area contributed by atoms with Gasteiger partial charge in [0.15, 0.2) is 0 Å². The molecule has 1 aliphatic heterocycles. The van der Waals surface area contributed by atoms with E-state index in [1.165, 1.54) is 31.8 Å². The highest BCUT2D eigenvalue weighted by Gasteiger charge is 2.14. The van der Waals surface area contributed by atoms with E-state index in [4.69, 9.17) is 0 Å². The first-order valence-electron chi connectivity index (χ1n) is 10.5. The number of rotatable bonds is 6. The molecule has 0 bridgehead atoms. The Morgan fingerprint density at radius 3 is 2.50 bits per heavy atom. The predicted molar refractivity (Wildman–Crippen MR) is 120 cm³/mol. The average molecular weight is 402 g/mol. The highest BCUT2D eigenvalue weighted by molar-refractivity contribution is 6.03. The van der Waals surface area contributed by atoms with Crippen LogP contribution >= 0.6 is 0 Å². The minimum absolute atomic E-state index is 0.171. The molecule has 1 aromatic heterocycles. The molecular weight excluding hydrogens is 374 g/mol. The van der Waals surface area contributed by atoms with Crippen molar-refractivity contribution in [2.45, 2.75) is 32.2 Å². The normalized spacial score (nSPS) is 14.6. The number of hydrogen-bond acceptors (Lipinski definition) is 4. The van der Waals surface area contributed by atoms with Crippen LogP contribution in [0.3, 0.4) is 0 Å². The van der Waals surface area contributed by atoms with Crippen molar-refractivity contribution >= 4 is 23.4 Å². The van der Waals surface area contributed by atoms with Gasteiger partial charge in [-0.3, -0.25) is 4.79 Å². The molecule has 4 rings (SSSR count). The van der Waals surface area contributed by atoms with Crippen molar-refractivity contribution in [1.29, 1.82) is 0 Å². The summed E-state index contributed by atoms with van der Waals surface area (Å²) in [6.45, 7) is 2.72. The van der Waals surface area contributed by atoms with Crippen LogP contribution in [0, 0.1) is 0 Å². The van der Waals surface area contributed by atoms with Gasteiger partial charge in [0.05, 0.1) is 24.1 Å². The molecule has 0 aliphatic carbocycles. The van der Waals surface area contributed by atoms with E-state index >= 15 is 0 Å². The summed E-state index contributed by atoms with van der Waals surface area (Å²) in [6.07, 6.45) is 9.98. The van der Waals surface area contributed by atoms with Gasteiger partial charge >= 0.3 is 0 Å². The Morgan fingerprint density at radius 1 is 0.967 bits per heavy atom. The van der Waals surface area contributed by atoms with Crippen molar-refractivity contribution in [3.05, 3.63) is 78.1 Å². The van der Waals surface area contributed by atoms with Gasteiger partial charge in [0.1, 0.15) is 5.69 Å². The molecule has 0 atom stereocenters. The van der Waals surface area contributed by atoms with Gasteiger partial charge in [-0.2, -0.15) is 0 Å². The number of benzene rings is 2. The molecule has 6 heteroatoms. The molecule has 1 N–H and O–H groups in total. The number of carbonyl (C=O) groups excluding carboxylic acids is 1. The maximum Gasteiger partial charge on any atom is 0.248 e. The van der Waals surface area contributed by atoms with Crippen LogP contribution in [0.15, 0.2) is 66.9 Å². The van der Waals surface area contributed by atoms with Crippen LogP contribution in [0.5, 0.6) is 0 Å². The molecule has 0 saturated carbocycles. The minimum Gasteiger partial charge on any atom is -0.370 e. The van der Waals surface area contributed by atoms with E-state index in [0.29, 0.717) is 12.2 Å². The summed E-state index contributed by atoms with van der Waals surface area (Å²) in [5, 5.41) is 11.3. The number of aromatic nitrogens is 3. The van der Waals surface area contributed by atoms with Crippen LogP contribution in [-0.4, -0.2) is 34.0 Å². The standard InChI is InChI=1S/C24H27N5O/c30-24(15-14-21-19-29(27-26-21)18-20-10-4-3-5-11-20)25-22-12-6-7-13-23(22)28-16-8-1-2-9-17-28/h3-7,10-15,19H,1-2,8-9,16-18H2,(H,25,30)/b15-14+. The monoisotopic (exact) mass is 401 g/mol. The lowest BCUT2D eigenvalue weighted by molar-refractivity contribution is -0.111. The van der Waals surface area contributed by atoms with Gasteiger partial charge in [-0.25, -0.2) is 4.68 Å². The summed E-state index contributed by atoms with van der Waals surface area (Å²) in [7, 11) is 0. The fourth-order valence-electron chi connectivity index (χ4n) is 3.74. The van der Waals surface area contributed by atoms with Gasteiger partial charge < -0.3 is 10.2 Å². The maximum atomic E-state index is 12.5. The highest BCUT2D eigenvalue weighted by Crippen LogP contribution is 2.28. The topological polar surface area (TPSA) is 63.1 Å². The van der Waals surface area contributed by atoms with Gasteiger partial charge in [-0.15, -0.1) is 5.10 Å². The fourth-order valence-corrected chi connectivity index (χ4v) is 3.74. The Hall–Kier alpha value is -3.41. The van der Waals surface area contributed by atoms with Crippen molar-refractivity contribution in [2.75, 3.05) is 23.3 Å². The zero-order valence-corrected chi connectivity index (χ0v) is 17.1. The third-order valence-electron chi connectivity index (χ3n) is 5.26. The molecule has 6 nitrogen and oxygen atoms in total. The molecule has 1 amide bonds. The second-order valence-corrected chi connectivity index (χ2v) is 7.57. The van der Waals surface area contributed by atoms with E-state index in [1.54, 1.807) is 10.8 Å². The molecule has 3 aromatic rings. The molecule has 1 aliphatic rings. The molecule has 2 aromatic carbocycles. The molecule has 154 valence electrons. The van der Waals surface area contributed by atoms with Crippen molar-refractivity contribution in [1.82, 2.24) is 15.0 Å². The molecule has 0 unspecified atom stereocenters. The van der Waals surface area contributed by atoms with E-state index in [-0.39, 0.29) is 5.91 Å². The number of nitrogens with one attached hydrogen (secondary N) is 1. The van der Waals surface area contributed by atoms with Crippen molar-refractivity contribution < 1.29 is 4.79 Å². The van der Waals surface area contributed by atoms with Crippen LogP contribution in [0.25, 0.3) is 6.08 Å². The first-order valence-corrected chi connectivity index (χ1v) is 10.5. The summed E-state index contributed by atoms with van der Waals surface area (Å²) in [4.78, 5) is 14.9. The summed E-state index contributed by atoms with van der Waals surface area (Å²) in [6, 6.07) is 18.1. The number of hydrogen-bond donors (Lipinski definition) is 1. The molecule has 30 heavy (non-hydrogen) atoms. The molecule has 1 saturated heterocycles. The van der Waals surface area contributed by atoms with E-state index in [1.807, 2.05) is 54.7 Å².